The second-order valence-corrected chi connectivity index (χ2v) is 3.16. The maximum Gasteiger partial charge on any atom is 0.219 e. The number of primary amides is 1. The highest BCUT2D eigenvalue weighted by atomic mass is 19.1. The highest BCUT2D eigenvalue weighted by Crippen LogP contribution is 2.12. The Labute approximate surface area is 82.1 Å². The van der Waals surface area contributed by atoms with Crippen LogP contribution in [0.3, 0.4) is 0 Å². The van der Waals surface area contributed by atoms with Gasteiger partial charge in [0.1, 0.15) is 5.82 Å². The molecular weight excluding hydrogens is 183 g/mol. The molecule has 3 N–H and O–H groups in total. The van der Waals surface area contributed by atoms with Crippen molar-refractivity contribution in [2.24, 2.45) is 5.73 Å². The molecule has 0 saturated carbocycles. The average Bonchev–Trinajstić information content (AvgIpc) is 2.01. The van der Waals surface area contributed by atoms with Gasteiger partial charge in [0.15, 0.2) is 0 Å². The number of aryl methyl sites for hydroxylation is 1. The molecule has 0 aliphatic heterocycles. The molecule has 1 rings (SSSR count). The number of hydrogen-bond acceptors (Lipinski definition) is 2. The summed E-state index contributed by atoms with van der Waals surface area (Å²) in [6.45, 7) is 2.24. The highest BCUT2D eigenvalue weighted by molar-refractivity contribution is 5.74. The van der Waals surface area contributed by atoms with E-state index in [2.05, 4.69) is 5.32 Å². The van der Waals surface area contributed by atoms with Crippen LogP contribution in [0.2, 0.25) is 0 Å². The number of carbonyl (C=O) groups excluding carboxylic acids is 1. The monoisotopic (exact) mass is 196 g/mol. The van der Waals surface area contributed by atoms with E-state index in [9.17, 15) is 9.18 Å². The van der Waals surface area contributed by atoms with Crippen LogP contribution >= 0.6 is 0 Å². The Hall–Kier alpha value is -1.58. The number of nitrogens with one attached hydrogen (secondary N) is 1. The van der Waals surface area contributed by atoms with Gasteiger partial charge in [-0.2, -0.15) is 0 Å². The minimum atomic E-state index is -0.370. The number of carbonyl (C=O) groups is 1. The van der Waals surface area contributed by atoms with Gasteiger partial charge in [-0.25, -0.2) is 4.39 Å². The van der Waals surface area contributed by atoms with Crippen LogP contribution in [0.25, 0.3) is 0 Å². The number of amides is 1. The molecule has 0 atom stereocenters. The van der Waals surface area contributed by atoms with E-state index < -0.39 is 0 Å². The second-order valence-electron chi connectivity index (χ2n) is 3.16. The molecule has 4 heteroatoms. The van der Waals surface area contributed by atoms with Gasteiger partial charge in [-0.15, -0.1) is 0 Å². The van der Waals surface area contributed by atoms with Crippen LogP contribution in [0.1, 0.15) is 12.0 Å². The maximum atomic E-state index is 12.9. The third-order valence-electron chi connectivity index (χ3n) is 1.74. The summed E-state index contributed by atoms with van der Waals surface area (Å²) in [5, 5.41) is 2.92. The topological polar surface area (TPSA) is 55.1 Å². The van der Waals surface area contributed by atoms with Gasteiger partial charge in [0.25, 0.3) is 0 Å². The first-order valence-corrected chi connectivity index (χ1v) is 4.37. The molecule has 0 aliphatic carbocycles. The Balaban J connectivity index is 2.54. The zero-order valence-corrected chi connectivity index (χ0v) is 8.01. The largest absolute Gasteiger partial charge is 0.384 e. The van der Waals surface area contributed by atoms with Crippen LogP contribution in [0.5, 0.6) is 0 Å². The smallest absolute Gasteiger partial charge is 0.219 e. The Morgan fingerprint density at radius 1 is 1.50 bits per heavy atom. The van der Waals surface area contributed by atoms with Gasteiger partial charge in [0.2, 0.25) is 5.91 Å². The zero-order chi connectivity index (χ0) is 10.6. The van der Waals surface area contributed by atoms with Crippen molar-refractivity contribution in [3.8, 4) is 0 Å². The first kappa shape index (κ1) is 10.5. The van der Waals surface area contributed by atoms with Gasteiger partial charge in [0.05, 0.1) is 0 Å². The minimum absolute atomic E-state index is 0.246. The predicted octanol–water partition coefficient (Wildman–Crippen LogP) is 1.42. The summed E-state index contributed by atoms with van der Waals surface area (Å²) in [4.78, 5) is 10.4. The van der Waals surface area contributed by atoms with Gasteiger partial charge in [-0.1, -0.05) is 0 Å². The fraction of sp³-hybridized carbons (Fsp3) is 0.300. The van der Waals surface area contributed by atoms with E-state index in [1.165, 1.54) is 12.1 Å². The first-order chi connectivity index (χ1) is 6.58. The van der Waals surface area contributed by atoms with Gasteiger partial charge in [-0.05, 0) is 30.7 Å². The summed E-state index contributed by atoms with van der Waals surface area (Å²) in [6.07, 6.45) is 0.246. The van der Waals surface area contributed by atoms with Crippen molar-refractivity contribution in [1.82, 2.24) is 0 Å². The van der Waals surface area contributed by atoms with Gasteiger partial charge < -0.3 is 11.1 Å². The van der Waals surface area contributed by atoms with Crippen LogP contribution in [-0.4, -0.2) is 12.5 Å². The molecule has 0 bridgehead atoms. The van der Waals surface area contributed by atoms with Gasteiger partial charge in [0, 0.05) is 18.7 Å². The SMILES string of the molecule is Cc1cc(F)cc(NCCC(N)=O)c1. The van der Waals surface area contributed by atoms with Crippen molar-refractivity contribution in [1.29, 1.82) is 0 Å². The Morgan fingerprint density at radius 2 is 2.21 bits per heavy atom. The molecule has 0 radical (unpaired) electrons. The third kappa shape index (κ3) is 3.43. The number of halogens is 1. The van der Waals surface area contributed by atoms with E-state index in [0.29, 0.717) is 12.2 Å². The van der Waals surface area contributed by atoms with E-state index in [-0.39, 0.29) is 18.1 Å². The lowest BCUT2D eigenvalue weighted by Gasteiger charge is -2.05. The Kier molecular flexibility index (Phi) is 3.45. The summed E-state index contributed by atoms with van der Waals surface area (Å²) < 4.78 is 12.9. The summed E-state index contributed by atoms with van der Waals surface area (Å²) >= 11 is 0. The van der Waals surface area contributed by atoms with E-state index in [0.717, 1.165) is 5.56 Å². The molecule has 1 aromatic rings. The van der Waals surface area contributed by atoms with Crippen molar-refractivity contribution < 1.29 is 9.18 Å². The summed E-state index contributed by atoms with van der Waals surface area (Å²) in [5.74, 6) is -0.655. The number of benzene rings is 1. The lowest BCUT2D eigenvalue weighted by molar-refractivity contribution is -0.117. The molecular formula is C10H13FN2O. The molecule has 0 aliphatic rings. The van der Waals surface area contributed by atoms with E-state index in [1.54, 1.807) is 0 Å². The number of anilines is 1. The quantitative estimate of drug-likeness (QED) is 0.765. The molecule has 3 nitrogen and oxygen atoms in total. The van der Waals surface area contributed by atoms with Gasteiger partial charge >= 0.3 is 0 Å². The molecule has 0 aromatic heterocycles. The van der Waals surface area contributed by atoms with Crippen LogP contribution < -0.4 is 11.1 Å². The standard InChI is InChI=1S/C10H13FN2O/c1-7-4-8(11)6-9(5-7)13-3-2-10(12)14/h4-6,13H,2-3H2,1H3,(H2,12,14). The molecule has 0 fully saturated rings. The van der Waals surface area contributed by atoms with Crippen molar-refractivity contribution in [2.45, 2.75) is 13.3 Å². The molecule has 0 saturated heterocycles. The third-order valence-corrected chi connectivity index (χ3v) is 1.74. The lowest BCUT2D eigenvalue weighted by atomic mass is 10.2. The summed E-state index contributed by atoms with van der Waals surface area (Å²) in [6, 6.07) is 4.64. The molecule has 1 aromatic carbocycles. The van der Waals surface area contributed by atoms with Crippen LogP contribution in [0, 0.1) is 12.7 Å². The fourth-order valence-electron chi connectivity index (χ4n) is 1.17. The molecule has 1 amide bonds. The minimum Gasteiger partial charge on any atom is -0.384 e. The predicted molar refractivity (Wildman–Crippen MR) is 53.4 cm³/mol. The fourth-order valence-corrected chi connectivity index (χ4v) is 1.17. The van der Waals surface area contributed by atoms with Crippen molar-refractivity contribution in [2.75, 3.05) is 11.9 Å². The summed E-state index contributed by atoms with van der Waals surface area (Å²) in [5.41, 5.74) is 6.47. The number of nitrogens with two attached hydrogens (primary N) is 1. The molecule has 0 unspecified atom stereocenters. The van der Waals surface area contributed by atoms with Crippen LogP contribution in [0.4, 0.5) is 10.1 Å². The number of hydrogen-bond donors (Lipinski definition) is 2. The van der Waals surface area contributed by atoms with Crippen molar-refractivity contribution >= 4 is 11.6 Å². The van der Waals surface area contributed by atoms with Crippen molar-refractivity contribution in [3.63, 3.8) is 0 Å². The first-order valence-electron chi connectivity index (χ1n) is 4.37. The van der Waals surface area contributed by atoms with Crippen LogP contribution in [-0.2, 0) is 4.79 Å². The van der Waals surface area contributed by atoms with Gasteiger partial charge in [-0.3, -0.25) is 4.79 Å². The van der Waals surface area contributed by atoms with E-state index in [4.69, 9.17) is 5.73 Å². The highest BCUT2D eigenvalue weighted by Gasteiger charge is 1.98. The molecule has 14 heavy (non-hydrogen) atoms. The van der Waals surface area contributed by atoms with E-state index >= 15 is 0 Å². The average molecular weight is 196 g/mol. The zero-order valence-electron chi connectivity index (χ0n) is 8.01. The second kappa shape index (κ2) is 4.60. The van der Waals surface area contributed by atoms with E-state index in [1.807, 2.05) is 13.0 Å². The molecule has 76 valence electrons. The molecule has 0 heterocycles. The lowest BCUT2D eigenvalue weighted by Crippen LogP contribution is -2.15. The Bertz CT molecular complexity index is 319. The normalized spacial score (nSPS) is 9.86. The molecule has 0 spiro atoms. The Morgan fingerprint density at radius 3 is 2.79 bits per heavy atom. The number of rotatable bonds is 4. The van der Waals surface area contributed by atoms with Crippen molar-refractivity contribution in [3.05, 3.63) is 29.6 Å². The maximum absolute atomic E-state index is 12.9. The van der Waals surface area contributed by atoms with Crippen LogP contribution in [0.15, 0.2) is 18.2 Å². The summed E-state index contributed by atoms with van der Waals surface area (Å²) in [7, 11) is 0.